The molecule has 0 atom stereocenters. The molecule has 3 aromatic rings. The highest BCUT2D eigenvalue weighted by Gasteiger charge is 2.09. The molecule has 0 unspecified atom stereocenters. The van der Waals surface area contributed by atoms with E-state index < -0.39 is 0 Å². The monoisotopic (exact) mass is 227 g/mol. The number of hydrogen-bond donors (Lipinski definition) is 1. The summed E-state index contributed by atoms with van der Waals surface area (Å²) in [5.74, 6) is 0.862. The molecule has 0 bridgehead atoms. The van der Waals surface area contributed by atoms with Crippen molar-refractivity contribution in [1.29, 1.82) is 0 Å². The van der Waals surface area contributed by atoms with Crippen molar-refractivity contribution in [2.75, 3.05) is 7.11 Å². The van der Waals surface area contributed by atoms with Crippen LogP contribution in [0.3, 0.4) is 0 Å². The van der Waals surface area contributed by atoms with Crippen molar-refractivity contribution in [1.82, 2.24) is 14.5 Å². The summed E-state index contributed by atoms with van der Waals surface area (Å²) in [5, 5.41) is 1.15. The molecule has 0 radical (unpaired) electrons. The molecule has 86 valence electrons. The number of H-pyrrole nitrogens is 1. The summed E-state index contributed by atoms with van der Waals surface area (Å²) < 4.78 is 7.26. The summed E-state index contributed by atoms with van der Waals surface area (Å²) in [6, 6.07) is 6.01. The fourth-order valence-corrected chi connectivity index (χ4v) is 2.06. The predicted octanol–water partition coefficient (Wildman–Crippen LogP) is 2.58. The summed E-state index contributed by atoms with van der Waals surface area (Å²) in [4.78, 5) is 7.40. The molecule has 0 aliphatic carbocycles. The lowest BCUT2D eigenvalue weighted by molar-refractivity contribution is 0.415. The summed E-state index contributed by atoms with van der Waals surface area (Å²) in [6.45, 7) is 0. The lowest BCUT2D eigenvalue weighted by Gasteiger charge is -2.02. The number of aromatic nitrogens is 3. The van der Waals surface area contributed by atoms with E-state index in [0.717, 1.165) is 27.9 Å². The first-order valence-electron chi connectivity index (χ1n) is 5.41. The quantitative estimate of drug-likeness (QED) is 0.731. The van der Waals surface area contributed by atoms with Crippen LogP contribution in [-0.2, 0) is 7.05 Å². The van der Waals surface area contributed by atoms with Crippen LogP contribution in [0.2, 0.25) is 0 Å². The Morgan fingerprint density at radius 3 is 2.94 bits per heavy atom. The van der Waals surface area contributed by atoms with Gasteiger partial charge in [-0.05, 0) is 18.2 Å². The van der Waals surface area contributed by atoms with Crippen LogP contribution >= 0.6 is 0 Å². The summed E-state index contributed by atoms with van der Waals surface area (Å²) in [7, 11) is 3.67. The Kier molecular flexibility index (Phi) is 2.14. The number of methoxy groups -OCH3 is 1. The van der Waals surface area contributed by atoms with Crippen LogP contribution in [0.15, 0.2) is 36.9 Å². The van der Waals surface area contributed by atoms with Gasteiger partial charge in [0, 0.05) is 29.7 Å². The molecule has 0 amide bonds. The second-order valence-corrected chi connectivity index (χ2v) is 4.00. The first kappa shape index (κ1) is 9.96. The minimum atomic E-state index is 0.862. The third kappa shape index (κ3) is 1.49. The molecular weight excluding hydrogens is 214 g/mol. The zero-order valence-electron chi connectivity index (χ0n) is 9.77. The number of imidazole rings is 1. The van der Waals surface area contributed by atoms with Crippen molar-refractivity contribution in [2.24, 2.45) is 7.05 Å². The van der Waals surface area contributed by atoms with Gasteiger partial charge in [-0.15, -0.1) is 0 Å². The first-order chi connectivity index (χ1) is 8.29. The van der Waals surface area contributed by atoms with E-state index in [1.165, 1.54) is 0 Å². The van der Waals surface area contributed by atoms with Gasteiger partial charge in [-0.3, -0.25) is 0 Å². The highest BCUT2D eigenvalue weighted by molar-refractivity contribution is 5.95. The molecule has 1 N–H and O–H groups in total. The second-order valence-electron chi connectivity index (χ2n) is 4.00. The maximum atomic E-state index is 5.26. The average Bonchev–Trinajstić information content (AvgIpc) is 2.94. The highest BCUT2D eigenvalue weighted by Crippen LogP contribution is 2.30. The molecule has 4 nitrogen and oxygen atoms in total. The molecule has 0 spiro atoms. The zero-order valence-corrected chi connectivity index (χ0v) is 9.77. The zero-order chi connectivity index (χ0) is 11.8. The smallest absolute Gasteiger partial charge is 0.119 e. The summed E-state index contributed by atoms with van der Waals surface area (Å²) >= 11 is 0. The lowest BCUT2D eigenvalue weighted by atomic mass is 10.1. The SMILES string of the molecule is COc1ccc2[nH]cc(-c3cncn3C)c2c1. The van der Waals surface area contributed by atoms with Crippen LogP contribution in [0.1, 0.15) is 0 Å². The molecule has 0 aliphatic rings. The van der Waals surface area contributed by atoms with Crippen LogP contribution in [-0.4, -0.2) is 21.6 Å². The number of hydrogen-bond acceptors (Lipinski definition) is 2. The van der Waals surface area contributed by atoms with E-state index in [2.05, 4.69) is 9.97 Å². The van der Waals surface area contributed by atoms with E-state index >= 15 is 0 Å². The number of nitrogens with zero attached hydrogens (tertiary/aromatic N) is 2. The summed E-state index contributed by atoms with van der Waals surface area (Å²) in [5.41, 5.74) is 3.32. The molecule has 0 saturated heterocycles. The number of nitrogens with one attached hydrogen (secondary N) is 1. The van der Waals surface area contributed by atoms with E-state index in [1.807, 2.05) is 42.2 Å². The maximum absolute atomic E-state index is 5.26. The topological polar surface area (TPSA) is 42.8 Å². The highest BCUT2D eigenvalue weighted by atomic mass is 16.5. The lowest BCUT2D eigenvalue weighted by Crippen LogP contribution is -1.88. The third-order valence-electron chi connectivity index (χ3n) is 2.98. The van der Waals surface area contributed by atoms with Gasteiger partial charge < -0.3 is 14.3 Å². The molecule has 3 rings (SSSR count). The minimum absolute atomic E-state index is 0.862. The van der Waals surface area contributed by atoms with Crippen molar-refractivity contribution in [3.05, 3.63) is 36.9 Å². The van der Waals surface area contributed by atoms with Crippen LogP contribution < -0.4 is 4.74 Å². The molecule has 4 heteroatoms. The normalized spacial score (nSPS) is 10.9. The van der Waals surface area contributed by atoms with Gasteiger partial charge in [0.1, 0.15) is 5.75 Å². The molecule has 17 heavy (non-hydrogen) atoms. The van der Waals surface area contributed by atoms with Crippen LogP contribution in [0.5, 0.6) is 5.75 Å². The Labute approximate surface area is 98.9 Å². The van der Waals surface area contributed by atoms with Crippen LogP contribution in [0, 0.1) is 0 Å². The Morgan fingerprint density at radius 2 is 2.24 bits per heavy atom. The Morgan fingerprint density at radius 1 is 1.35 bits per heavy atom. The van der Waals surface area contributed by atoms with Gasteiger partial charge in [-0.25, -0.2) is 4.98 Å². The van der Waals surface area contributed by atoms with Crippen molar-refractivity contribution in [2.45, 2.75) is 0 Å². The van der Waals surface area contributed by atoms with E-state index in [1.54, 1.807) is 13.4 Å². The van der Waals surface area contributed by atoms with Gasteiger partial charge >= 0.3 is 0 Å². The predicted molar refractivity (Wildman–Crippen MR) is 67.1 cm³/mol. The van der Waals surface area contributed by atoms with Gasteiger partial charge in [-0.2, -0.15) is 0 Å². The van der Waals surface area contributed by atoms with Crippen molar-refractivity contribution in [3.63, 3.8) is 0 Å². The standard InChI is InChI=1S/C13H13N3O/c1-16-8-14-7-13(16)11-6-15-12-4-3-9(17-2)5-10(11)12/h3-8,15H,1-2H3. The largest absolute Gasteiger partial charge is 0.497 e. The van der Waals surface area contributed by atoms with Crippen molar-refractivity contribution >= 4 is 10.9 Å². The van der Waals surface area contributed by atoms with Gasteiger partial charge in [0.2, 0.25) is 0 Å². The van der Waals surface area contributed by atoms with E-state index in [-0.39, 0.29) is 0 Å². The van der Waals surface area contributed by atoms with Crippen LogP contribution in [0.4, 0.5) is 0 Å². The number of fused-ring (bicyclic) bond motifs is 1. The van der Waals surface area contributed by atoms with E-state index in [0.29, 0.717) is 0 Å². The van der Waals surface area contributed by atoms with Gasteiger partial charge in [-0.1, -0.05) is 0 Å². The number of rotatable bonds is 2. The van der Waals surface area contributed by atoms with Crippen molar-refractivity contribution < 1.29 is 4.74 Å². The Bertz CT molecular complexity index is 666. The minimum Gasteiger partial charge on any atom is -0.497 e. The van der Waals surface area contributed by atoms with Gasteiger partial charge in [0.15, 0.2) is 0 Å². The maximum Gasteiger partial charge on any atom is 0.119 e. The van der Waals surface area contributed by atoms with Gasteiger partial charge in [0.25, 0.3) is 0 Å². The number of aryl methyl sites for hydroxylation is 1. The number of ether oxygens (including phenoxy) is 1. The molecule has 1 aromatic carbocycles. The third-order valence-corrected chi connectivity index (χ3v) is 2.98. The first-order valence-corrected chi connectivity index (χ1v) is 5.41. The molecular formula is C13H13N3O. The Balaban J connectivity index is 2.27. The average molecular weight is 227 g/mol. The van der Waals surface area contributed by atoms with Gasteiger partial charge in [0.05, 0.1) is 25.3 Å². The number of benzene rings is 1. The van der Waals surface area contributed by atoms with E-state index in [4.69, 9.17) is 4.74 Å². The molecule has 2 aromatic heterocycles. The molecule has 0 saturated carbocycles. The van der Waals surface area contributed by atoms with E-state index in [9.17, 15) is 0 Å². The second kappa shape index (κ2) is 3.66. The fraction of sp³-hybridized carbons (Fsp3) is 0.154. The molecule has 0 fully saturated rings. The Hall–Kier alpha value is -2.23. The molecule has 0 aliphatic heterocycles. The number of aromatic amines is 1. The van der Waals surface area contributed by atoms with Crippen LogP contribution in [0.25, 0.3) is 22.2 Å². The fourth-order valence-electron chi connectivity index (χ4n) is 2.06. The van der Waals surface area contributed by atoms with Crippen molar-refractivity contribution in [3.8, 4) is 17.0 Å². The molecule has 2 heterocycles. The summed E-state index contributed by atoms with van der Waals surface area (Å²) in [6.07, 6.45) is 5.66.